The SMILES string of the molecule is COc1c(C)cc(C(=O)c2cc3c(s2)CCC3)cc1C. The van der Waals surface area contributed by atoms with Crippen molar-refractivity contribution in [3.63, 3.8) is 0 Å². The number of rotatable bonds is 3. The van der Waals surface area contributed by atoms with Gasteiger partial charge < -0.3 is 4.74 Å². The number of hydrogen-bond acceptors (Lipinski definition) is 3. The van der Waals surface area contributed by atoms with Crippen molar-refractivity contribution in [3.05, 3.63) is 50.2 Å². The van der Waals surface area contributed by atoms with Crippen molar-refractivity contribution < 1.29 is 9.53 Å². The average molecular weight is 286 g/mol. The lowest BCUT2D eigenvalue weighted by atomic mass is 10.0. The zero-order valence-corrected chi connectivity index (χ0v) is 12.9. The van der Waals surface area contributed by atoms with E-state index in [1.165, 1.54) is 16.9 Å². The highest BCUT2D eigenvalue weighted by Gasteiger charge is 2.20. The summed E-state index contributed by atoms with van der Waals surface area (Å²) < 4.78 is 5.36. The summed E-state index contributed by atoms with van der Waals surface area (Å²) in [6, 6.07) is 5.95. The molecule has 0 fully saturated rings. The predicted molar refractivity (Wildman–Crippen MR) is 82.2 cm³/mol. The van der Waals surface area contributed by atoms with E-state index in [1.807, 2.05) is 26.0 Å². The molecule has 0 aliphatic heterocycles. The van der Waals surface area contributed by atoms with Gasteiger partial charge >= 0.3 is 0 Å². The maximum Gasteiger partial charge on any atom is 0.202 e. The van der Waals surface area contributed by atoms with Crippen LogP contribution in [0.1, 0.15) is 43.2 Å². The van der Waals surface area contributed by atoms with Crippen LogP contribution < -0.4 is 4.74 Å². The highest BCUT2D eigenvalue weighted by Crippen LogP contribution is 2.33. The minimum atomic E-state index is 0.137. The van der Waals surface area contributed by atoms with Gasteiger partial charge in [-0.15, -0.1) is 11.3 Å². The van der Waals surface area contributed by atoms with Crippen LogP contribution in [0.2, 0.25) is 0 Å². The summed E-state index contributed by atoms with van der Waals surface area (Å²) in [6.07, 6.45) is 3.49. The number of hydrogen-bond donors (Lipinski definition) is 0. The molecule has 3 heteroatoms. The Morgan fingerprint density at radius 2 is 1.85 bits per heavy atom. The highest BCUT2D eigenvalue weighted by atomic mass is 32.1. The van der Waals surface area contributed by atoms with Crippen molar-refractivity contribution in [2.75, 3.05) is 7.11 Å². The van der Waals surface area contributed by atoms with Crippen LogP contribution in [-0.2, 0) is 12.8 Å². The Labute approximate surface area is 123 Å². The van der Waals surface area contributed by atoms with Gasteiger partial charge in [-0.2, -0.15) is 0 Å². The van der Waals surface area contributed by atoms with Crippen molar-refractivity contribution in [1.29, 1.82) is 0 Å². The fraction of sp³-hybridized carbons (Fsp3) is 0.353. The van der Waals surface area contributed by atoms with Gasteiger partial charge in [0.1, 0.15) is 5.75 Å². The zero-order valence-electron chi connectivity index (χ0n) is 12.1. The van der Waals surface area contributed by atoms with Crippen molar-refractivity contribution in [2.24, 2.45) is 0 Å². The molecule has 0 amide bonds. The van der Waals surface area contributed by atoms with E-state index in [9.17, 15) is 4.79 Å². The van der Waals surface area contributed by atoms with Gasteiger partial charge in [-0.05, 0) is 68.0 Å². The lowest BCUT2D eigenvalue weighted by Gasteiger charge is -2.10. The fourth-order valence-electron chi connectivity index (χ4n) is 2.99. The molecule has 20 heavy (non-hydrogen) atoms. The summed E-state index contributed by atoms with van der Waals surface area (Å²) in [7, 11) is 1.67. The quantitative estimate of drug-likeness (QED) is 0.794. The largest absolute Gasteiger partial charge is 0.496 e. The zero-order chi connectivity index (χ0) is 14.3. The summed E-state index contributed by atoms with van der Waals surface area (Å²) in [5.41, 5.74) is 4.17. The first kappa shape index (κ1) is 13.4. The molecule has 3 rings (SSSR count). The van der Waals surface area contributed by atoms with E-state index in [0.717, 1.165) is 40.2 Å². The van der Waals surface area contributed by atoms with Crippen molar-refractivity contribution in [3.8, 4) is 5.75 Å². The van der Waals surface area contributed by atoms with Crippen LogP contribution >= 0.6 is 11.3 Å². The highest BCUT2D eigenvalue weighted by molar-refractivity contribution is 7.14. The molecule has 1 aliphatic carbocycles. The summed E-state index contributed by atoms with van der Waals surface area (Å²) >= 11 is 1.67. The van der Waals surface area contributed by atoms with Gasteiger partial charge in [0.05, 0.1) is 12.0 Å². The van der Waals surface area contributed by atoms with E-state index in [4.69, 9.17) is 4.74 Å². The monoisotopic (exact) mass is 286 g/mol. The summed E-state index contributed by atoms with van der Waals surface area (Å²) in [4.78, 5) is 14.9. The molecule has 1 aromatic heterocycles. The van der Waals surface area contributed by atoms with Gasteiger partial charge in [0.15, 0.2) is 0 Å². The summed E-state index contributed by atoms with van der Waals surface area (Å²) in [5.74, 6) is 1.01. The van der Waals surface area contributed by atoms with Crippen molar-refractivity contribution >= 4 is 17.1 Å². The van der Waals surface area contributed by atoms with Crippen LogP contribution in [0.15, 0.2) is 18.2 Å². The second-order valence-corrected chi connectivity index (χ2v) is 6.52. The minimum absolute atomic E-state index is 0.137. The standard InChI is InChI=1S/C17H18O2S/c1-10-7-13(8-11(2)17(10)19-3)16(18)15-9-12-5-4-6-14(12)20-15/h7-9H,4-6H2,1-3H3. The van der Waals surface area contributed by atoms with Crippen LogP contribution in [0.3, 0.4) is 0 Å². The minimum Gasteiger partial charge on any atom is -0.496 e. The molecule has 0 saturated carbocycles. The molecule has 1 aromatic carbocycles. The topological polar surface area (TPSA) is 26.3 Å². The fourth-order valence-corrected chi connectivity index (χ4v) is 4.20. The Bertz CT molecular complexity index is 638. The van der Waals surface area contributed by atoms with Crippen LogP contribution in [-0.4, -0.2) is 12.9 Å². The van der Waals surface area contributed by atoms with Crippen LogP contribution in [0.5, 0.6) is 5.75 Å². The first-order chi connectivity index (χ1) is 9.60. The molecule has 0 bridgehead atoms. The number of ketones is 1. The predicted octanol–water partition coefficient (Wildman–Crippen LogP) is 4.09. The van der Waals surface area contributed by atoms with E-state index in [-0.39, 0.29) is 5.78 Å². The second kappa shape index (κ2) is 5.06. The first-order valence-electron chi connectivity index (χ1n) is 6.91. The number of carbonyl (C=O) groups excluding carboxylic acids is 1. The average Bonchev–Trinajstić information content (AvgIpc) is 2.98. The van der Waals surface area contributed by atoms with Crippen molar-refractivity contribution in [2.45, 2.75) is 33.1 Å². The molecule has 1 aliphatic rings. The molecule has 0 spiro atoms. The van der Waals surface area contributed by atoms with E-state index < -0.39 is 0 Å². The molecule has 0 atom stereocenters. The van der Waals surface area contributed by atoms with E-state index >= 15 is 0 Å². The third-order valence-electron chi connectivity index (χ3n) is 3.90. The molecular formula is C17H18O2S. The van der Waals surface area contributed by atoms with Crippen LogP contribution in [0.25, 0.3) is 0 Å². The Morgan fingerprint density at radius 1 is 1.15 bits per heavy atom. The Morgan fingerprint density at radius 3 is 2.45 bits per heavy atom. The molecular weight excluding hydrogens is 268 g/mol. The smallest absolute Gasteiger partial charge is 0.202 e. The van der Waals surface area contributed by atoms with Gasteiger partial charge in [-0.1, -0.05) is 0 Å². The molecule has 104 valence electrons. The molecule has 0 radical (unpaired) electrons. The lowest BCUT2D eigenvalue weighted by molar-refractivity contribution is 0.104. The van der Waals surface area contributed by atoms with Crippen LogP contribution in [0, 0.1) is 13.8 Å². The van der Waals surface area contributed by atoms with Gasteiger partial charge in [0, 0.05) is 10.4 Å². The van der Waals surface area contributed by atoms with Gasteiger partial charge in [0.2, 0.25) is 5.78 Å². The van der Waals surface area contributed by atoms with Crippen molar-refractivity contribution in [1.82, 2.24) is 0 Å². The first-order valence-corrected chi connectivity index (χ1v) is 7.73. The number of methoxy groups -OCH3 is 1. The number of thiophene rings is 1. The van der Waals surface area contributed by atoms with Crippen LogP contribution in [0.4, 0.5) is 0 Å². The Kier molecular flexibility index (Phi) is 3.38. The van der Waals surface area contributed by atoms with E-state index in [2.05, 4.69) is 6.07 Å². The Balaban J connectivity index is 1.98. The molecule has 0 saturated heterocycles. The lowest BCUT2D eigenvalue weighted by Crippen LogP contribution is -2.02. The number of fused-ring (bicyclic) bond motifs is 1. The van der Waals surface area contributed by atoms with Gasteiger partial charge in [-0.25, -0.2) is 0 Å². The maximum absolute atomic E-state index is 12.6. The van der Waals surface area contributed by atoms with E-state index in [1.54, 1.807) is 18.4 Å². The molecule has 0 N–H and O–H groups in total. The summed E-state index contributed by atoms with van der Waals surface area (Å²) in [6.45, 7) is 3.97. The second-order valence-electron chi connectivity index (χ2n) is 5.39. The number of benzene rings is 1. The molecule has 1 heterocycles. The molecule has 0 unspecified atom stereocenters. The molecule has 2 aromatic rings. The third kappa shape index (κ3) is 2.16. The Hall–Kier alpha value is -1.61. The summed E-state index contributed by atoms with van der Waals surface area (Å²) in [5, 5.41) is 0. The van der Waals surface area contributed by atoms with Gasteiger partial charge in [0.25, 0.3) is 0 Å². The van der Waals surface area contributed by atoms with E-state index in [0.29, 0.717) is 0 Å². The third-order valence-corrected chi connectivity index (χ3v) is 5.13. The molecule has 2 nitrogen and oxygen atoms in total. The normalized spacial score (nSPS) is 13.3. The maximum atomic E-state index is 12.6. The number of ether oxygens (including phenoxy) is 1. The van der Waals surface area contributed by atoms with Gasteiger partial charge in [-0.3, -0.25) is 4.79 Å². The number of carbonyl (C=O) groups is 1. The number of aryl methyl sites for hydroxylation is 4.